The van der Waals surface area contributed by atoms with Gasteiger partial charge < -0.3 is 14.8 Å². The highest BCUT2D eigenvalue weighted by molar-refractivity contribution is 7.92. The molecule has 7 nitrogen and oxygen atoms in total. The molecule has 0 saturated carbocycles. The van der Waals surface area contributed by atoms with E-state index in [1.54, 1.807) is 0 Å². The van der Waals surface area contributed by atoms with Crippen LogP contribution in [0.3, 0.4) is 0 Å². The zero-order valence-corrected chi connectivity index (χ0v) is 16.3. The molecular weight excluding hydrogens is 437 g/mol. The van der Waals surface area contributed by atoms with Crippen molar-refractivity contribution in [2.75, 3.05) is 22.4 Å². The van der Waals surface area contributed by atoms with Crippen LogP contribution in [0.4, 0.5) is 24.5 Å². The summed E-state index contributed by atoms with van der Waals surface area (Å²) in [4.78, 5) is 12.5. The van der Waals surface area contributed by atoms with E-state index in [0.717, 1.165) is 22.7 Å². The van der Waals surface area contributed by atoms with E-state index in [4.69, 9.17) is 16.3 Å². The minimum Gasteiger partial charge on any atom is -0.476 e. The minimum atomic E-state index is -4.83. The number of anilines is 2. The first-order valence-corrected chi connectivity index (χ1v) is 10.3. The lowest BCUT2D eigenvalue weighted by atomic mass is 10.2. The van der Waals surface area contributed by atoms with Crippen LogP contribution >= 0.6 is 11.6 Å². The average Bonchev–Trinajstić information content (AvgIpc) is 2.60. The SMILES string of the molecule is CS(=O)(=O)N1C[C@@H](C(=O)Nc2ccc(OC(F)(F)F)cc2)Oc2ccc(Cl)cc21. The fraction of sp³-hybridized carbons (Fsp3) is 0.235. The molecule has 0 saturated heterocycles. The lowest BCUT2D eigenvalue weighted by Gasteiger charge is -2.34. The first kappa shape index (κ1) is 21.1. The van der Waals surface area contributed by atoms with Crippen LogP contribution in [0.25, 0.3) is 0 Å². The molecule has 1 aliphatic heterocycles. The number of sulfonamides is 1. The van der Waals surface area contributed by atoms with Crippen LogP contribution in [0.15, 0.2) is 42.5 Å². The fourth-order valence-electron chi connectivity index (χ4n) is 2.64. The standard InChI is InChI=1S/C17H14ClF3N2O5S/c1-29(25,26)23-9-15(27-14-7-2-10(18)8-13(14)23)16(24)22-11-3-5-12(6-4-11)28-17(19,20)21/h2-8,15H,9H2,1H3,(H,22,24)/t15-/m0/s1. The Kier molecular flexibility index (Phi) is 5.54. The normalized spacial score (nSPS) is 16.6. The van der Waals surface area contributed by atoms with E-state index in [1.165, 1.54) is 30.3 Å². The monoisotopic (exact) mass is 450 g/mol. The maximum atomic E-state index is 12.5. The van der Waals surface area contributed by atoms with Gasteiger partial charge in [-0.25, -0.2) is 8.42 Å². The van der Waals surface area contributed by atoms with E-state index in [0.29, 0.717) is 5.02 Å². The number of rotatable bonds is 4. The molecule has 1 heterocycles. The number of hydrogen-bond acceptors (Lipinski definition) is 5. The fourth-order valence-corrected chi connectivity index (χ4v) is 3.71. The molecule has 12 heteroatoms. The van der Waals surface area contributed by atoms with E-state index in [2.05, 4.69) is 10.1 Å². The predicted molar refractivity (Wildman–Crippen MR) is 99.8 cm³/mol. The van der Waals surface area contributed by atoms with Crippen molar-refractivity contribution >= 4 is 38.9 Å². The topological polar surface area (TPSA) is 84.9 Å². The summed E-state index contributed by atoms with van der Waals surface area (Å²) < 4.78 is 71.2. The molecule has 0 radical (unpaired) electrons. The van der Waals surface area contributed by atoms with Gasteiger partial charge in [0.2, 0.25) is 10.0 Å². The zero-order chi connectivity index (χ0) is 21.4. The van der Waals surface area contributed by atoms with Gasteiger partial charge in [0.25, 0.3) is 5.91 Å². The first-order valence-electron chi connectivity index (χ1n) is 8.03. The van der Waals surface area contributed by atoms with Crippen molar-refractivity contribution in [3.05, 3.63) is 47.5 Å². The highest BCUT2D eigenvalue weighted by Gasteiger charge is 2.35. The molecule has 0 fully saturated rings. The van der Waals surface area contributed by atoms with Crippen LogP contribution in [-0.2, 0) is 14.8 Å². The summed E-state index contributed by atoms with van der Waals surface area (Å²) in [5.74, 6) is -0.970. The first-order chi connectivity index (χ1) is 13.4. The lowest BCUT2D eigenvalue weighted by Crippen LogP contribution is -2.48. The summed E-state index contributed by atoms with van der Waals surface area (Å²) in [6, 6.07) is 8.83. The number of carbonyl (C=O) groups excluding carboxylic acids is 1. The van der Waals surface area contributed by atoms with Crippen molar-refractivity contribution in [2.24, 2.45) is 0 Å². The summed E-state index contributed by atoms with van der Waals surface area (Å²) in [6.07, 6.45) is -5.03. The van der Waals surface area contributed by atoms with Crippen LogP contribution < -0.4 is 19.1 Å². The van der Waals surface area contributed by atoms with Crippen molar-refractivity contribution in [3.63, 3.8) is 0 Å². The Labute approximate surface area is 169 Å². The summed E-state index contributed by atoms with van der Waals surface area (Å²) in [7, 11) is -3.73. The number of amides is 1. The Balaban J connectivity index is 1.77. The van der Waals surface area contributed by atoms with Crippen molar-refractivity contribution < 1.29 is 35.9 Å². The van der Waals surface area contributed by atoms with Gasteiger partial charge in [0.15, 0.2) is 6.10 Å². The van der Waals surface area contributed by atoms with Gasteiger partial charge in [-0.1, -0.05) is 11.6 Å². The number of hydrogen-bond donors (Lipinski definition) is 1. The van der Waals surface area contributed by atoms with Gasteiger partial charge >= 0.3 is 6.36 Å². The third-order valence-corrected chi connectivity index (χ3v) is 5.22. The Morgan fingerprint density at radius 2 is 1.90 bits per heavy atom. The molecule has 0 aliphatic carbocycles. The molecule has 3 rings (SSSR count). The molecule has 0 unspecified atom stereocenters. The van der Waals surface area contributed by atoms with Crippen LogP contribution in [0.5, 0.6) is 11.5 Å². The average molecular weight is 451 g/mol. The van der Waals surface area contributed by atoms with Crippen molar-refractivity contribution in [1.29, 1.82) is 0 Å². The number of nitrogens with zero attached hydrogens (tertiary/aromatic N) is 1. The summed E-state index contributed by atoms with van der Waals surface area (Å²) in [6.45, 7) is -0.298. The third kappa shape index (κ3) is 5.24. The number of benzene rings is 2. The molecule has 2 aromatic carbocycles. The van der Waals surface area contributed by atoms with Gasteiger partial charge in [-0.05, 0) is 42.5 Å². The Morgan fingerprint density at radius 3 is 2.48 bits per heavy atom. The Hall–Kier alpha value is -2.66. The predicted octanol–water partition coefficient (Wildman–Crippen LogP) is 3.40. The van der Waals surface area contributed by atoms with Crippen molar-refractivity contribution in [3.8, 4) is 11.5 Å². The molecule has 1 N–H and O–H groups in total. The molecule has 156 valence electrons. The molecule has 0 aromatic heterocycles. The Morgan fingerprint density at radius 1 is 1.24 bits per heavy atom. The van der Waals surface area contributed by atoms with Gasteiger partial charge in [-0.15, -0.1) is 13.2 Å². The van der Waals surface area contributed by atoms with Crippen molar-refractivity contribution in [1.82, 2.24) is 0 Å². The number of alkyl halides is 3. The smallest absolute Gasteiger partial charge is 0.476 e. The van der Waals surface area contributed by atoms with E-state index < -0.39 is 34.1 Å². The molecule has 0 bridgehead atoms. The zero-order valence-electron chi connectivity index (χ0n) is 14.7. The van der Waals surface area contributed by atoms with E-state index in [1.807, 2.05) is 0 Å². The Bertz CT molecular complexity index is 1030. The van der Waals surface area contributed by atoms with E-state index in [9.17, 15) is 26.4 Å². The van der Waals surface area contributed by atoms with Crippen LogP contribution in [0.2, 0.25) is 5.02 Å². The van der Waals surface area contributed by atoms with Gasteiger partial charge in [-0.2, -0.15) is 0 Å². The molecule has 1 atom stereocenters. The second-order valence-electron chi connectivity index (χ2n) is 6.07. The number of fused-ring (bicyclic) bond motifs is 1. The number of halogens is 4. The van der Waals surface area contributed by atoms with Crippen LogP contribution in [-0.4, -0.2) is 39.6 Å². The van der Waals surface area contributed by atoms with Gasteiger partial charge in [0.05, 0.1) is 18.5 Å². The second-order valence-corrected chi connectivity index (χ2v) is 8.42. The van der Waals surface area contributed by atoms with Crippen molar-refractivity contribution in [2.45, 2.75) is 12.5 Å². The second kappa shape index (κ2) is 7.64. The largest absolute Gasteiger partial charge is 0.573 e. The van der Waals surface area contributed by atoms with Crippen LogP contribution in [0.1, 0.15) is 0 Å². The molecular formula is C17H14ClF3N2O5S. The quantitative estimate of drug-likeness (QED) is 0.771. The highest BCUT2D eigenvalue weighted by Crippen LogP contribution is 2.37. The number of ether oxygens (including phenoxy) is 2. The maximum Gasteiger partial charge on any atom is 0.573 e. The summed E-state index contributed by atoms with van der Waals surface area (Å²) in [5, 5.41) is 2.76. The molecule has 1 amide bonds. The molecule has 1 aliphatic rings. The lowest BCUT2D eigenvalue weighted by molar-refractivity contribution is -0.274. The summed E-state index contributed by atoms with van der Waals surface area (Å²) >= 11 is 5.91. The molecule has 2 aromatic rings. The van der Waals surface area contributed by atoms with Gasteiger partial charge in [0, 0.05) is 10.7 Å². The van der Waals surface area contributed by atoms with E-state index >= 15 is 0 Å². The molecule has 0 spiro atoms. The van der Waals surface area contributed by atoms with Crippen LogP contribution in [0, 0.1) is 0 Å². The third-order valence-electron chi connectivity index (χ3n) is 3.84. The summed E-state index contributed by atoms with van der Waals surface area (Å²) in [5.41, 5.74) is 0.388. The van der Waals surface area contributed by atoms with Gasteiger partial charge in [-0.3, -0.25) is 9.10 Å². The minimum absolute atomic E-state index is 0.153. The number of nitrogens with one attached hydrogen (secondary N) is 1. The maximum absolute atomic E-state index is 12.5. The molecule has 29 heavy (non-hydrogen) atoms. The van der Waals surface area contributed by atoms with Gasteiger partial charge in [0.1, 0.15) is 11.5 Å². The van der Waals surface area contributed by atoms with E-state index in [-0.39, 0.29) is 23.7 Å². The highest BCUT2D eigenvalue weighted by atomic mass is 35.5. The number of carbonyl (C=O) groups is 1.